The predicted molar refractivity (Wildman–Crippen MR) is 62.8 cm³/mol. The van der Waals surface area contributed by atoms with E-state index in [1.807, 2.05) is 27.7 Å². The second-order valence-electron chi connectivity index (χ2n) is 2.92. The highest BCUT2D eigenvalue weighted by atomic mass is 16.7. The minimum Gasteiger partial charge on any atom is -0.353 e. The summed E-state index contributed by atoms with van der Waals surface area (Å²) in [5, 5.41) is 0. The van der Waals surface area contributed by atoms with Crippen molar-refractivity contribution in [3.8, 4) is 0 Å². The Bertz CT molecular complexity index is 132. The zero-order valence-electron chi connectivity index (χ0n) is 10.4. The topological polar surface area (TPSA) is 35.5 Å². The molecule has 0 aliphatic rings. The van der Waals surface area contributed by atoms with Gasteiger partial charge in [0.1, 0.15) is 6.29 Å². The molecule has 0 saturated carbocycles. The number of allylic oxidation sites excluding steroid dienone is 1. The van der Waals surface area contributed by atoms with Crippen LogP contribution in [0.15, 0.2) is 12.7 Å². The molecule has 0 aromatic heterocycles. The molecule has 90 valence electrons. The third kappa shape index (κ3) is 13.3. The molecule has 0 N–H and O–H groups in total. The third-order valence-electron chi connectivity index (χ3n) is 1.75. The summed E-state index contributed by atoms with van der Waals surface area (Å²) in [6.07, 6.45) is 3.40. The molecule has 0 aromatic carbocycles. The van der Waals surface area contributed by atoms with Crippen LogP contribution in [0, 0.1) is 5.92 Å². The van der Waals surface area contributed by atoms with Crippen LogP contribution >= 0.6 is 0 Å². The maximum absolute atomic E-state index is 9.90. The van der Waals surface area contributed by atoms with Gasteiger partial charge in [0.15, 0.2) is 6.29 Å². The molecule has 0 fully saturated rings. The standard InChI is InChI=1S/C6H14O2.C6H10O/c1-4-7-6(3)8-5-2;1-3-6(4-2)5-7/h6H,4-5H2,1-3H3;3,5-6H,1,4H2,2H3. The lowest BCUT2D eigenvalue weighted by Crippen LogP contribution is -2.11. The lowest BCUT2D eigenvalue weighted by Gasteiger charge is -2.09. The van der Waals surface area contributed by atoms with Crippen molar-refractivity contribution < 1.29 is 14.3 Å². The Morgan fingerprint density at radius 1 is 1.20 bits per heavy atom. The van der Waals surface area contributed by atoms with Crippen molar-refractivity contribution in [2.45, 2.75) is 40.4 Å². The zero-order valence-corrected chi connectivity index (χ0v) is 10.4. The van der Waals surface area contributed by atoms with E-state index in [0.717, 1.165) is 25.9 Å². The van der Waals surface area contributed by atoms with E-state index in [1.165, 1.54) is 0 Å². The van der Waals surface area contributed by atoms with Gasteiger partial charge in [0, 0.05) is 19.1 Å². The SMILES string of the molecule is C=CC(C=O)CC.CCOC(C)OCC. The fourth-order valence-electron chi connectivity index (χ4n) is 0.836. The molecule has 3 nitrogen and oxygen atoms in total. The van der Waals surface area contributed by atoms with Crippen LogP contribution in [0.5, 0.6) is 0 Å². The van der Waals surface area contributed by atoms with Crippen LogP contribution in [0.25, 0.3) is 0 Å². The van der Waals surface area contributed by atoms with E-state index in [2.05, 4.69) is 6.58 Å². The van der Waals surface area contributed by atoms with Gasteiger partial charge in [-0.1, -0.05) is 13.0 Å². The number of ether oxygens (including phenoxy) is 2. The Kier molecular flexibility index (Phi) is 14.9. The fraction of sp³-hybridized carbons (Fsp3) is 0.750. The molecule has 0 aliphatic heterocycles. The van der Waals surface area contributed by atoms with E-state index in [9.17, 15) is 4.79 Å². The smallest absolute Gasteiger partial charge is 0.154 e. The molecule has 0 rings (SSSR count). The normalized spacial score (nSPS) is 11.5. The van der Waals surface area contributed by atoms with E-state index in [0.29, 0.717) is 0 Å². The minimum absolute atomic E-state index is 0.0370. The zero-order chi connectivity index (χ0) is 12.1. The van der Waals surface area contributed by atoms with Crippen molar-refractivity contribution in [3.63, 3.8) is 0 Å². The highest BCUT2D eigenvalue weighted by Crippen LogP contribution is 1.96. The molecule has 0 aliphatic carbocycles. The first-order chi connectivity index (χ1) is 7.15. The van der Waals surface area contributed by atoms with E-state index >= 15 is 0 Å². The van der Waals surface area contributed by atoms with Gasteiger partial charge in [-0.3, -0.25) is 0 Å². The number of aldehydes is 1. The highest BCUT2D eigenvalue weighted by molar-refractivity contribution is 5.55. The molecule has 0 spiro atoms. The van der Waals surface area contributed by atoms with E-state index < -0.39 is 0 Å². The van der Waals surface area contributed by atoms with E-state index in [1.54, 1.807) is 6.08 Å². The van der Waals surface area contributed by atoms with Gasteiger partial charge in [-0.05, 0) is 27.2 Å². The summed E-state index contributed by atoms with van der Waals surface area (Å²) < 4.78 is 10.1. The van der Waals surface area contributed by atoms with Crippen LogP contribution in [0.4, 0.5) is 0 Å². The minimum atomic E-state index is -0.0370. The summed E-state index contributed by atoms with van der Waals surface area (Å²) in [5.41, 5.74) is 0. The monoisotopic (exact) mass is 216 g/mol. The predicted octanol–water partition coefficient (Wildman–Crippen LogP) is 2.80. The highest BCUT2D eigenvalue weighted by Gasteiger charge is 1.94. The van der Waals surface area contributed by atoms with Gasteiger partial charge in [-0.15, -0.1) is 6.58 Å². The second-order valence-corrected chi connectivity index (χ2v) is 2.92. The maximum atomic E-state index is 9.90. The van der Waals surface area contributed by atoms with Crippen molar-refractivity contribution in [2.24, 2.45) is 5.92 Å². The van der Waals surface area contributed by atoms with Crippen LogP contribution in [0.3, 0.4) is 0 Å². The number of hydrogen-bond donors (Lipinski definition) is 0. The van der Waals surface area contributed by atoms with Crippen molar-refractivity contribution >= 4 is 6.29 Å². The first kappa shape index (κ1) is 16.7. The molecular weight excluding hydrogens is 192 g/mol. The molecule has 0 heterocycles. The Labute approximate surface area is 93.5 Å². The van der Waals surface area contributed by atoms with Gasteiger partial charge in [0.2, 0.25) is 0 Å². The van der Waals surface area contributed by atoms with Crippen molar-refractivity contribution in [1.29, 1.82) is 0 Å². The summed E-state index contributed by atoms with van der Waals surface area (Å²) in [6, 6.07) is 0. The molecule has 3 heteroatoms. The Morgan fingerprint density at radius 2 is 1.67 bits per heavy atom. The summed E-state index contributed by atoms with van der Waals surface area (Å²) >= 11 is 0. The van der Waals surface area contributed by atoms with Crippen LogP contribution in [-0.4, -0.2) is 25.8 Å². The third-order valence-corrected chi connectivity index (χ3v) is 1.75. The number of carbonyl (C=O) groups is 1. The summed E-state index contributed by atoms with van der Waals surface area (Å²) in [4.78, 5) is 9.90. The fourth-order valence-corrected chi connectivity index (χ4v) is 0.836. The number of hydrogen-bond acceptors (Lipinski definition) is 3. The van der Waals surface area contributed by atoms with Gasteiger partial charge in [0.05, 0.1) is 0 Å². The first-order valence-electron chi connectivity index (χ1n) is 5.47. The molecule has 0 aromatic rings. The molecule has 0 amide bonds. The molecule has 15 heavy (non-hydrogen) atoms. The quantitative estimate of drug-likeness (QED) is 0.373. The van der Waals surface area contributed by atoms with E-state index in [4.69, 9.17) is 9.47 Å². The molecule has 1 unspecified atom stereocenters. The second kappa shape index (κ2) is 13.3. The lowest BCUT2D eigenvalue weighted by molar-refractivity contribution is -0.123. The van der Waals surface area contributed by atoms with Crippen LogP contribution in [0.1, 0.15) is 34.1 Å². The summed E-state index contributed by atoms with van der Waals surface area (Å²) in [7, 11) is 0. The maximum Gasteiger partial charge on any atom is 0.154 e. The molecule has 0 bridgehead atoms. The largest absolute Gasteiger partial charge is 0.353 e. The van der Waals surface area contributed by atoms with Crippen LogP contribution < -0.4 is 0 Å². The molecule has 0 saturated heterocycles. The Balaban J connectivity index is 0. The van der Waals surface area contributed by atoms with Gasteiger partial charge >= 0.3 is 0 Å². The lowest BCUT2D eigenvalue weighted by atomic mass is 10.1. The van der Waals surface area contributed by atoms with Gasteiger partial charge in [0.25, 0.3) is 0 Å². The number of rotatable bonds is 7. The van der Waals surface area contributed by atoms with E-state index in [-0.39, 0.29) is 12.2 Å². The summed E-state index contributed by atoms with van der Waals surface area (Å²) in [6.45, 7) is 12.7. The van der Waals surface area contributed by atoms with Gasteiger partial charge < -0.3 is 14.3 Å². The number of carbonyl (C=O) groups excluding carboxylic acids is 1. The van der Waals surface area contributed by atoms with Crippen molar-refractivity contribution in [3.05, 3.63) is 12.7 Å². The average Bonchev–Trinajstić information content (AvgIpc) is 2.22. The molecule has 1 atom stereocenters. The summed E-state index contributed by atoms with van der Waals surface area (Å²) in [5.74, 6) is 0.0694. The van der Waals surface area contributed by atoms with Crippen molar-refractivity contribution in [2.75, 3.05) is 13.2 Å². The molecule has 0 radical (unpaired) electrons. The Morgan fingerprint density at radius 3 is 1.80 bits per heavy atom. The molecular formula is C12H24O3. The van der Waals surface area contributed by atoms with Gasteiger partial charge in [-0.2, -0.15) is 0 Å². The van der Waals surface area contributed by atoms with Gasteiger partial charge in [-0.25, -0.2) is 0 Å². The Hall–Kier alpha value is -0.670. The van der Waals surface area contributed by atoms with Crippen LogP contribution in [0.2, 0.25) is 0 Å². The first-order valence-corrected chi connectivity index (χ1v) is 5.47. The average molecular weight is 216 g/mol. The van der Waals surface area contributed by atoms with Crippen LogP contribution in [-0.2, 0) is 14.3 Å². The van der Waals surface area contributed by atoms with Crippen molar-refractivity contribution in [1.82, 2.24) is 0 Å².